The van der Waals surface area contributed by atoms with E-state index in [4.69, 9.17) is 10.5 Å². The molecule has 0 N–H and O–H groups in total. The number of nitriles is 2. The van der Waals surface area contributed by atoms with Crippen LogP contribution in [0.25, 0.3) is 0 Å². The lowest BCUT2D eigenvalue weighted by atomic mass is 10.2. The van der Waals surface area contributed by atoms with Gasteiger partial charge in [0.2, 0.25) is 0 Å². The fourth-order valence-electron chi connectivity index (χ4n) is 0.769. The van der Waals surface area contributed by atoms with Crippen molar-refractivity contribution in [2.24, 2.45) is 4.99 Å². The Morgan fingerprint density at radius 1 is 1.56 bits per heavy atom. The predicted molar refractivity (Wildman–Crippen MR) is 31.7 cm³/mol. The van der Waals surface area contributed by atoms with E-state index in [0.717, 1.165) is 6.42 Å². The van der Waals surface area contributed by atoms with Crippen LogP contribution in [0.4, 0.5) is 0 Å². The van der Waals surface area contributed by atoms with E-state index in [0.29, 0.717) is 12.1 Å². The molecule has 3 nitrogen and oxygen atoms in total. The Bertz CT molecular complexity index is 215. The van der Waals surface area contributed by atoms with E-state index in [-0.39, 0.29) is 6.04 Å². The lowest BCUT2D eigenvalue weighted by Crippen LogP contribution is -1.90. The van der Waals surface area contributed by atoms with Crippen LogP contribution in [0.2, 0.25) is 0 Å². The zero-order valence-corrected chi connectivity index (χ0v) is 4.83. The van der Waals surface area contributed by atoms with Crippen molar-refractivity contribution in [1.82, 2.24) is 0 Å². The van der Waals surface area contributed by atoms with Gasteiger partial charge in [0.05, 0.1) is 6.07 Å². The highest BCUT2D eigenvalue weighted by Crippen LogP contribution is 2.10. The summed E-state index contributed by atoms with van der Waals surface area (Å²) in [5, 5.41) is 16.6. The summed E-state index contributed by atoms with van der Waals surface area (Å²) >= 11 is 0. The van der Waals surface area contributed by atoms with Crippen LogP contribution < -0.4 is 0 Å². The zero-order valence-electron chi connectivity index (χ0n) is 4.83. The van der Waals surface area contributed by atoms with E-state index in [1.807, 2.05) is 12.1 Å². The Morgan fingerprint density at radius 2 is 2.33 bits per heavy atom. The molecule has 0 aromatic rings. The molecule has 1 aliphatic heterocycles. The third-order valence-corrected chi connectivity index (χ3v) is 1.24. The van der Waals surface area contributed by atoms with Crippen molar-refractivity contribution in [2.45, 2.75) is 18.9 Å². The highest BCUT2D eigenvalue weighted by molar-refractivity contribution is 5.99. The summed E-state index contributed by atoms with van der Waals surface area (Å²) in [6.07, 6.45) is 1.40. The first-order valence-electron chi connectivity index (χ1n) is 2.73. The molecule has 0 radical (unpaired) electrons. The lowest BCUT2D eigenvalue weighted by Gasteiger charge is -1.84. The Labute approximate surface area is 53.2 Å². The van der Waals surface area contributed by atoms with Crippen LogP contribution in [-0.4, -0.2) is 11.8 Å². The van der Waals surface area contributed by atoms with E-state index in [1.165, 1.54) is 0 Å². The molecule has 0 bridgehead atoms. The average molecular weight is 119 g/mol. The standard InChI is InChI=1S/C6H5N3/c7-3-5-1-2-6(4-8)9-5/h5H,1-2H2. The third kappa shape index (κ3) is 1.06. The van der Waals surface area contributed by atoms with Crippen LogP contribution in [0.5, 0.6) is 0 Å². The van der Waals surface area contributed by atoms with Gasteiger partial charge < -0.3 is 0 Å². The Balaban J connectivity index is 2.66. The highest BCUT2D eigenvalue weighted by Gasteiger charge is 2.15. The Hall–Kier alpha value is -1.35. The maximum absolute atomic E-state index is 8.31. The maximum Gasteiger partial charge on any atom is 0.138 e. The van der Waals surface area contributed by atoms with E-state index >= 15 is 0 Å². The molecule has 1 unspecified atom stereocenters. The maximum atomic E-state index is 8.31. The second-order valence-corrected chi connectivity index (χ2v) is 1.87. The SMILES string of the molecule is N#CC1=NC(C#N)CC1. The molecule has 0 aromatic carbocycles. The van der Waals surface area contributed by atoms with Crippen molar-refractivity contribution in [1.29, 1.82) is 10.5 Å². The quantitative estimate of drug-likeness (QED) is 0.469. The molecule has 1 heterocycles. The van der Waals surface area contributed by atoms with E-state index in [1.54, 1.807) is 0 Å². The van der Waals surface area contributed by atoms with Crippen molar-refractivity contribution in [2.75, 3.05) is 0 Å². The molecule has 0 saturated heterocycles. The Morgan fingerprint density at radius 3 is 2.67 bits per heavy atom. The highest BCUT2D eigenvalue weighted by atomic mass is 14.8. The van der Waals surface area contributed by atoms with Crippen molar-refractivity contribution < 1.29 is 0 Å². The van der Waals surface area contributed by atoms with Gasteiger partial charge in [0.25, 0.3) is 0 Å². The fraction of sp³-hybridized carbons (Fsp3) is 0.500. The molecular formula is C6H5N3. The molecule has 0 saturated carbocycles. The van der Waals surface area contributed by atoms with Gasteiger partial charge in [-0.25, -0.2) is 0 Å². The van der Waals surface area contributed by atoms with E-state index in [9.17, 15) is 0 Å². The summed E-state index contributed by atoms with van der Waals surface area (Å²) in [5.41, 5.74) is 0.515. The molecule has 0 amide bonds. The normalized spacial score (nSPS) is 24.2. The van der Waals surface area contributed by atoms with Crippen molar-refractivity contribution in [3.05, 3.63) is 0 Å². The van der Waals surface area contributed by atoms with E-state index < -0.39 is 0 Å². The van der Waals surface area contributed by atoms with Gasteiger partial charge in [0.1, 0.15) is 17.8 Å². The van der Waals surface area contributed by atoms with Gasteiger partial charge in [0.15, 0.2) is 0 Å². The van der Waals surface area contributed by atoms with Crippen molar-refractivity contribution >= 4 is 5.71 Å². The van der Waals surface area contributed by atoms with Gasteiger partial charge in [-0.15, -0.1) is 0 Å². The molecule has 0 aromatic heterocycles. The minimum Gasteiger partial charge on any atom is -0.260 e. The lowest BCUT2D eigenvalue weighted by molar-refractivity contribution is 0.819. The summed E-state index contributed by atoms with van der Waals surface area (Å²) in [5.74, 6) is 0. The molecular weight excluding hydrogens is 114 g/mol. The molecule has 1 atom stereocenters. The van der Waals surface area contributed by atoms with Crippen LogP contribution in [-0.2, 0) is 0 Å². The summed E-state index contributed by atoms with van der Waals surface area (Å²) in [6.45, 7) is 0. The smallest absolute Gasteiger partial charge is 0.138 e. The zero-order chi connectivity index (χ0) is 6.69. The first kappa shape index (κ1) is 5.78. The fourth-order valence-corrected chi connectivity index (χ4v) is 0.769. The number of rotatable bonds is 0. The van der Waals surface area contributed by atoms with Crippen molar-refractivity contribution in [3.63, 3.8) is 0 Å². The minimum atomic E-state index is -0.250. The summed E-state index contributed by atoms with van der Waals surface area (Å²) in [4.78, 5) is 3.82. The summed E-state index contributed by atoms with van der Waals surface area (Å²) in [7, 11) is 0. The molecule has 1 aliphatic rings. The molecule has 0 spiro atoms. The van der Waals surface area contributed by atoms with E-state index in [2.05, 4.69) is 4.99 Å². The van der Waals surface area contributed by atoms with Gasteiger partial charge >= 0.3 is 0 Å². The monoisotopic (exact) mass is 119 g/mol. The van der Waals surface area contributed by atoms with Crippen LogP contribution in [0.15, 0.2) is 4.99 Å². The molecule has 3 heteroatoms. The molecule has 1 rings (SSSR count). The first-order valence-corrected chi connectivity index (χ1v) is 2.73. The van der Waals surface area contributed by atoms with Gasteiger partial charge in [-0.1, -0.05) is 0 Å². The van der Waals surface area contributed by atoms with Gasteiger partial charge in [0, 0.05) is 6.42 Å². The van der Waals surface area contributed by atoms with Gasteiger partial charge in [-0.3, -0.25) is 4.99 Å². The largest absolute Gasteiger partial charge is 0.260 e. The second kappa shape index (κ2) is 2.28. The average Bonchev–Trinajstić information content (AvgIpc) is 2.34. The van der Waals surface area contributed by atoms with Crippen molar-refractivity contribution in [3.8, 4) is 12.1 Å². The number of aliphatic imine (C=N–C) groups is 1. The van der Waals surface area contributed by atoms with Crippen LogP contribution in [0.1, 0.15) is 12.8 Å². The molecule has 9 heavy (non-hydrogen) atoms. The number of nitrogens with zero attached hydrogens (tertiary/aromatic N) is 3. The topological polar surface area (TPSA) is 59.9 Å². The second-order valence-electron chi connectivity index (χ2n) is 1.87. The van der Waals surface area contributed by atoms with Gasteiger partial charge in [-0.05, 0) is 6.42 Å². The number of hydrogen-bond acceptors (Lipinski definition) is 3. The van der Waals surface area contributed by atoms with Crippen LogP contribution in [0, 0.1) is 22.7 Å². The Kier molecular flexibility index (Phi) is 1.46. The van der Waals surface area contributed by atoms with Gasteiger partial charge in [-0.2, -0.15) is 10.5 Å². The molecule has 44 valence electrons. The van der Waals surface area contributed by atoms with Crippen LogP contribution >= 0.6 is 0 Å². The summed E-state index contributed by atoms with van der Waals surface area (Å²) in [6, 6.07) is 3.67. The minimum absolute atomic E-state index is 0.250. The third-order valence-electron chi connectivity index (χ3n) is 1.24. The summed E-state index contributed by atoms with van der Waals surface area (Å²) < 4.78 is 0. The predicted octanol–water partition coefficient (Wildman–Crippen LogP) is 0.637. The first-order chi connectivity index (χ1) is 4.36. The molecule has 0 fully saturated rings. The molecule has 0 aliphatic carbocycles. The van der Waals surface area contributed by atoms with Crippen LogP contribution in [0.3, 0.4) is 0 Å². The number of hydrogen-bond donors (Lipinski definition) is 0.